The fraction of sp³-hybridized carbons (Fsp3) is 0.889. The Morgan fingerprint density at radius 3 is 2.27 bits per heavy atom. The quantitative estimate of drug-likeness (QED) is 0.767. The molecule has 1 aliphatic heterocycles. The van der Waals surface area contributed by atoms with Gasteiger partial charge >= 0.3 is 5.97 Å². The molecule has 2 atom stereocenters. The molecular weight excluding hydrogens is 218 g/mol. The highest BCUT2D eigenvalue weighted by molar-refractivity contribution is 7.88. The van der Waals surface area contributed by atoms with Gasteiger partial charge in [-0.25, -0.2) is 8.42 Å². The third-order valence-electron chi connectivity index (χ3n) is 2.94. The molecule has 0 radical (unpaired) electrons. The Morgan fingerprint density at radius 1 is 1.47 bits per heavy atom. The molecule has 1 fully saturated rings. The zero-order chi connectivity index (χ0) is 11.8. The van der Waals surface area contributed by atoms with Crippen LogP contribution in [0.3, 0.4) is 0 Å². The minimum Gasteiger partial charge on any atom is -0.480 e. The van der Waals surface area contributed by atoms with Gasteiger partial charge in [0, 0.05) is 6.54 Å². The van der Waals surface area contributed by atoms with E-state index in [1.807, 2.05) is 13.8 Å². The van der Waals surface area contributed by atoms with Gasteiger partial charge in [-0.05, 0) is 18.3 Å². The Morgan fingerprint density at radius 2 is 2.00 bits per heavy atom. The molecular formula is C9H17NO4S. The van der Waals surface area contributed by atoms with Crippen molar-refractivity contribution in [3.8, 4) is 0 Å². The molecule has 1 rings (SSSR count). The van der Waals surface area contributed by atoms with Crippen LogP contribution in [-0.2, 0) is 14.8 Å². The van der Waals surface area contributed by atoms with Crippen molar-refractivity contribution in [2.45, 2.75) is 26.3 Å². The second kappa shape index (κ2) is 4.09. The van der Waals surface area contributed by atoms with Crippen LogP contribution in [-0.4, -0.2) is 42.6 Å². The number of carboxylic acids is 1. The topological polar surface area (TPSA) is 74.7 Å². The normalized spacial score (nSPS) is 28.5. The van der Waals surface area contributed by atoms with Gasteiger partial charge in [-0.2, -0.15) is 4.31 Å². The molecule has 0 bridgehead atoms. The van der Waals surface area contributed by atoms with Crippen molar-refractivity contribution in [1.82, 2.24) is 4.31 Å². The average Bonchev–Trinajstić information content (AvgIpc) is 2.45. The number of nitrogens with zero attached hydrogens (tertiary/aromatic N) is 1. The number of carbonyl (C=O) groups is 1. The molecule has 1 N–H and O–H groups in total. The van der Waals surface area contributed by atoms with Crippen LogP contribution in [0, 0.1) is 11.8 Å². The maximum absolute atomic E-state index is 11.4. The van der Waals surface area contributed by atoms with E-state index in [9.17, 15) is 13.2 Å². The summed E-state index contributed by atoms with van der Waals surface area (Å²) in [5.41, 5.74) is 0. The fourth-order valence-corrected chi connectivity index (χ4v) is 3.01. The summed E-state index contributed by atoms with van der Waals surface area (Å²) in [6.07, 6.45) is 1.48. The predicted octanol–water partition coefficient (Wildman–Crippen LogP) is 0.377. The van der Waals surface area contributed by atoms with Crippen LogP contribution >= 0.6 is 0 Å². The number of aliphatic carboxylic acids is 1. The van der Waals surface area contributed by atoms with Gasteiger partial charge < -0.3 is 5.11 Å². The van der Waals surface area contributed by atoms with Gasteiger partial charge in [0.2, 0.25) is 10.0 Å². The monoisotopic (exact) mass is 235 g/mol. The zero-order valence-corrected chi connectivity index (χ0v) is 9.99. The van der Waals surface area contributed by atoms with E-state index in [1.165, 1.54) is 0 Å². The molecule has 6 heteroatoms. The van der Waals surface area contributed by atoms with Crippen LogP contribution in [0.2, 0.25) is 0 Å². The Hall–Kier alpha value is -0.620. The molecule has 15 heavy (non-hydrogen) atoms. The molecule has 0 aromatic heterocycles. The molecule has 0 aromatic rings. The lowest BCUT2D eigenvalue weighted by Gasteiger charge is -2.18. The lowest BCUT2D eigenvalue weighted by Crippen LogP contribution is -2.39. The molecule has 2 unspecified atom stereocenters. The summed E-state index contributed by atoms with van der Waals surface area (Å²) in [4.78, 5) is 10.9. The molecule has 0 saturated carbocycles. The van der Waals surface area contributed by atoms with Crippen LogP contribution in [0.4, 0.5) is 0 Å². The van der Waals surface area contributed by atoms with Gasteiger partial charge in [-0.1, -0.05) is 13.8 Å². The molecule has 0 aromatic carbocycles. The smallest absolute Gasteiger partial charge is 0.322 e. The van der Waals surface area contributed by atoms with Gasteiger partial charge in [-0.3, -0.25) is 4.79 Å². The molecule has 1 heterocycles. The lowest BCUT2D eigenvalue weighted by molar-refractivity contribution is -0.140. The molecule has 5 nitrogen and oxygen atoms in total. The first-order valence-electron chi connectivity index (χ1n) is 4.93. The van der Waals surface area contributed by atoms with Crippen LogP contribution < -0.4 is 0 Å². The number of hydrogen-bond donors (Lipinski definition) is 1. The highest BCUT2D eigenvalue weighted by Crippen LogP contribution is 2.30. The number of rotatable bonds is 3. The molecule has 1 aliphatic rings. The van der Waals surface area contributed by atoms with E-state index >= 15 is 0 Å². The standard InChI is InChI=1S/C9H17NO4S/c1-6(2)7-4-8(9(11)12)10(5-7)15(3,13)14/h6-8H,4-5H2,1-3H3,(H,11,12). The van der Waals surface area contributed by atoms with Crippen molar-refractivity contribution in [2.24, 2.45) is 11.8 Å². The van der Waals surface area contributed by atoms with Crippen molar-refractivity contribution in [3.63, 3.8) is 0 Å². The van der Waals surface area contributed by atoms with Crippen LogP contribution in [0.5, 0.6) is 0 Å². The van der Waals surface area contributed by atoms with Crippen LogP contribution in [0.25, 0.3) is 0 Å². The lowest BCUT2D eigenvalue weighted by atomic mass is 9.93. The van der Waals surface area contributed by atoms with E-state index in [2.05, 4.69) is 0 Å². The Balaban J connectivity index is 2.91. The van der Waals surface area contributed by atoms with Crippen LogP contribution in [0.1, 0.15) is 20.3 Å². The number of sulfonamides is 1. The highest BCUT2D eigenvalue weighted by atomic mass is 32.2. The largest absolute Gasteiger partial charge is 0.480 e. The minimum absolute atomic E-state index is 0.140. The second-order valence-electron chi connectivity index (χ2n) is 4.43. The zero-order valence-electron chi connectivity index (χ0n) is 9.17. The van der Waals surface area contributed by atoms with E-state index in [0.717, 1.165) is 10.6 Å². The van der Waals surface area contributed by atoms with E-state index in [4.69, 9.17) is 5.11 Å². The molecule has 0 amide bonds. The molecule has 88 valence electrons. The first-order valence-corrected chi connectivity index (χ1v) is 6.78. The minimum atomic E-state index is -3.41. The van der Waals surface area contributed by atoms with E-state index in [1.54, 1.807) is 0 Å². The maximum Gasteiger partial charge on any atom is 0.322 e. The van der Waals surface area contributed by atoms with Gasteiger partial charge in [0.1, 0.15) is 6.04 Å². The van der Waals surface area contributed by atoms with E-state index in [-0.39, 0.29) is 5.92 Å². The van der Waals surface area contributed by atoms with E-state index < -0.39 is 22.0 Å². The highest BCUT2D eigenvalue weighted by Gasteiger charge is 2.42. The van der Waals surface area contributed by atoms with Crippen molar-refractivity contribution in [2.75, 3.05) is 12.8 Å². The van der Waals surface area contributed by atoms with Gasteiger partial charge in [-0.15, -0.1) is 0 Å². The second-order valence-corrected chi connectivity index (χ2v) is 6.36. The molecule has 1 saturated heterocycles. The van der Waals surface area contributed by atoms with Crippen molar-refractivity contribution in [1.29, 1.82) is 0 Å². The number of carboxylic acid groups (broad SMARTS) is 1. The summed E-state index contributed by atoms with van der Waals surface area (Å²) in [5.74, 6) is -0.608. The summed E-state index contributed by atoms with van der Waals surface area (Å²) in [6.45, 7) is 4.29. The fourth-order valence-electron chi connectivity index (χ4n) is 1.91. The summed E-state index contributed by atoms with van der Waals surface area (Å²) < 4.78 is 23.9. The summed E-state index contributed by atoms with van der Waals surface area (Å²) >= 11 is 0. The first-order chi connectivity index (χ1) is 6.73. The van der Waals surface area contributed by atoms with Crippen LogP contribution in [0.15, 0.2) is 0 Å². The molecule has 0 spiro atoms. The number of hydrogen-bond acceptors (Lipinski definition) is 3. The predicted molar refractivity (Wildman–Crippen MR) is 55.9 cm³/mol. The van der Waals surface area contributed by atoms with Gasteiger partial charge in [0.15, 0.2) is 0 Å². The van der Waals surface area contributed by atoms with Gasteiger partial charge in [0.05, 0.1) is 6.26 Å². The third kappa shape index (κ3) is 2.69. The van der Waals surface area contributed by atoms with E-state index in [0.29, 0.717) is 18.9 Å². The van der Waals surface area contributed by atoms with Gasteiger partial charge in [0.25, 0.3) is 0 Å². The Kier molecular flexibility index (Phi) is 3.40. The maximum atomic E-state index is 11.4. The SMILES string of the molecule is CC(C)C1CC(C(=O)O)N(S(C)(=O)=O)C1. The Bertz CT molecular complexity index is 349. The van der Waals surface area contributed by atoms with Crippen molar-refractivity contribution in [3.05, 3.63) is 0 Å². The summed E-state index contributed by atoms with van der Waals surface area (Å²) in [5, 5.41) is 8.94. The average molecular weight is 235 g/mol. The summed E-state index contributed by atoms with van der Waals surface area (Å²) in [7, 11) is -3.41. The third-order valence-corrected chi connectivity index (χ3v) is 4.20. The Labute approximate surface area is 90.1 Å². The first kappa shape index (κ1) is 12.4. The van der Waals surface area contributed by atoms with Crippen molar-refractivity contribution >= 4 is 16.0 Å². The molecule has 0 aliphatic carbocycles. The summed E-state index contributed by atoms with van der Waals surface area (Å²) in [6, 6.07) is -0.882. The van der Waals surface area contributed by atoms with Crippen molar-refractivity contribution < 1.29 is 18.3 Å².